The van der Waals surface area contributed by atoms with Crippen LogP contribution in [0.15, 0.2) is 18.5 Å². The lowest BCUT2D eigenvalue weighted by Gasteiger charge is -2.35. The number of anilines is 1. The normalized spacial score (nSPS) is 18.9. The molecule has 4 heterocycles. The van der Waals surface area contributed by atoms with Crippen molar-refractivity contribution in [3.05, 3.63) is 24.2 Å². The van der Waals surface area contributed by atoms with E-state index < -0.39 is 0 Å². The molecular formula is C16H22N6S. The van der Waals surface area contributed by atoms with Gasteiger partial charge < -0.3 is 4.90 Å². The summed E-state index contributed by atoms with van der Waals surface area (Å²) in [5.41, 5.74) is 2.09. The first-order valence-corrected chi connectivity index (χ1v) is 9.08. The highest BCUT2D eigenvalue weighted by atomic mass is 32.1. The molecule has 0 saturated carbocycles. The summed E-state index contributed by atoms with van der Waals surface area (Å²) >= 11 is 1.79. The van der Waals surface area contributed by atoms with E-state index in [2.05, 4.69) is 22.0 Å². The van der Waals surface area contributed by atoms with Gasteiger partial charge in [-0.15, -0.1) is 0 Å². The minimum Gasteiger partial charge on any atom is -0.345 e. The van der Waals surface area contributed by atoms with E-state index in [9.17, 15) is 0 Å². The Hall–Kier alpha value is -1.89. The number of fused-ring (bicyclic) bond motifs is 1. The average Bonchev–Trinajstić information content (AvgIpc) is 3.26. The van der Waals surface area contributed by atoms with Crippen LogP contribution in [0.5, 0.6) is 0 Å². The van der Waals surface area contributed by atoms with Crippen molar-refractivity contribution >= 4 is 26.8 Å². The third kappa shape index (κ3) is 2.73. The zero-order valence-electron chi connectivity index (χ0n) is 13.6. The predicted octanol–water partition coefficient (Wildman–Crippen LogP) is 2.98. The summed E-state index contributed by atoms with van der Waals surface area (Å²) in [6, 6.07) is 2.55. The molecule has 3 aromatic heterocycles. The second-order valence-corrected chi connectivity index (χ2v) is 7.24. The molecule has 1 atom stereocenters. The molecule has 0 aromatic carbocycles. The fourth-order valence-electron chi connectivity index (χ4n) is 3.46. The Morgan fingerprint density at radius 3 is 3.04 bits per heavy atom. The van der Waals surface area contributed by atoms with Crippen LogP contribution in [0, 0.1) is 6.92 Å². The molecule has 0 radical (unpaired) electrons. The first kappa shape index (κ1) is 14.7. The van der Waals surface area contributed by atoms with Gasteiger partial charge in [0.1, 0.15) is 0 Å². The van der Waals surface area contributed by atoms with Gasteiger partial charge in [-0.2, -0.15) is 10.2 Å². The standard InChI is InChI=1S/C16H22N6S/c1-12-14-15(20(2)19-12)18-16(23-14)22-10-4-3-6-13(22)7-11-21-9-5-8-17-21/h5,8-9,13H,3-4,6-7,10-11H2,1-2H3/t13-/m1/s1. The quantitative estimate of drug-likeness (QED) is 0.738. The summed E-state index contributed by atoms with van der Waals surface area (Å²) in [6.45, 7) is 4.14. The highest BCUT2D eigenvalue weighted by Gasteiger charge is 2.26. The van der Waals surface area contributed by atoms with Crippen LogP contribution in [-0.2, 0) is 13.6 Å². The van der Waals surface area contributed by atoms with Gasteiger partial charge in [-0.25, -0.2) is 9.67 Å². The molecule has 0 aliphatic carbocycles. The van der Waals surface area contributed by atoms with Crippen molar-refractivity contribution in [2.24, 2.45) is 7.05 Å². The Kier molecular flexibility index (Phi) is 3.80. The van der Waals surface area contributed by atoms with Gasteiger partial charge in [-0.05, 0) is 38.7 Å². The minimum atomic E-state index is 0.557. The van der Waals surface area contributed by atoms with Crippen LogP contribution in [0.3, 0.4) is 0 Å². The van der Waals surface area contributed by atoms with E-state index in [1.54, 1.807) is 11.3 Å². The molecule has 1 fully saturated rings. The minimum absolute atomic E-state index is 0.557. The molecule has 0 bridgehead atoms. The molecule has 23 heavy (non-hydrogen) atoms. The van der Waals surface area contributed by atoms with Crippen molar-refractivity contribution in [2.45, 2.75) is 45.2 Å². The summed E-state index contributed by atoms with van der Waals surface area (Å²) < 4.78 is 5.14. The second kappa shape index (κ2) is 5.96. The topological polar surface area (TPSA) is 51.8 Å². The van der Waals surface area contributed by atoms with E-state index in [1.807, 2.05) is 34.9 Å². The molecule has 6 nitrogen and oxygen atoms in total. The van der Waals surface area contributed by atoms with Gasteiger partial charge in [-0.1, -0.05) is 11.3 Å². The van der Waals surface area contributed by atoms with Crippen LogP contribution >= 0.6 is 11.3 Å². The van der Waals surface area contributed by atoms with E-state index in [0.29, 0.717) is 6.04 Å². The van der Waals surface area contributed by atoms with Gasteiger partial charge >= 0.3 is 0 Å². The molecule has 0 N–H and O–H groups in total. The first-order chi connectivity index (χ1) is 11.2. The molecule has 1 saturated heterocycles. The Morgan fingerprint density at radius 1 is 1.35 bits per heavy atom. The summed E-state index contributed by atoms with van der Waals surface area (Å²) in [5.74, 6) is 0. The van der Waals surface area contributed by atoms with E-state index in [4.69, 9.17) is 4.98 Å². The van der Waals surface area contributed by atoms with Gasteiger partial charge in [-0.3, -0.25) is 4.68 Å². The number of hydrogen-bond acceptors (Lipinski definition) is 5. The van der Waals surface area contributed by atoms with Gasteiger partial charge in [0.05, 0.1) is 10.4 Å². The fraction of sp³-hybridized carbons (Fsp3) is 0.562. The van der Waals surface area contributed by atoms with Gasteiger partial charge in [0.25, 0.3) is 0 Å². The van der Waals surface area contributed by atoms with E-state index in [1.165, 1.54) is 24.0 Å². The first-order valence-electron chi connectivity index (χ1n) is 8.26. The molecule has 1 aliphatic heterocycles. The van der Waals surface area contributed by atoms with Gasteiger partial charge in [0.2, 0.25) is 0 Å². The Labute approximate surface area is 139 Å². The SMILES string of the molecule is Cc1nn(C)c2nc(N3CCCC[C@@H]3CCn3cccn3)sc12. The van der Waals surface area contributed by atoms with Crippen molar-refractivity contribution in [3.63, 3.8) is 0 Å². The third-order valence-electron chi connectivity index (χ3n) is 4.66. The van der Waals surface area contributed by atoms with Crippen LogP contribution in [0.25, 0.3) is 10.3 Å². The summed E-state index contributed by atoms with van der Waals surface area (Å²) in [5, 5.41) is 9.94. The zero-order valence-corrected chi connectivity index (χ0v) is 14.5. The lowest BCUT2D eigenvalue weighted by atomic mass is 10.00. The van der Waals surface area contributed by atoms with Crippen molar-refractivity contribution < 1.29 is 0 Å². The second-order valence-electron chi connectivity index (χ2n) is 6.26. The number of aromatic nitrogens is 5. The molecule has 0 spiro atoms. The molecule has 0 unspecified atom stereocenters. The van der Waals surface area contributed by atoms with Crippen molar-refractivity contribution in [2.75, 3.05) is 11.4 Å². The molecule has 7 heteroatoms. The Bertz CT molecular complexity index is 753. The molecule has 122 valence electrons. The fourth-order valence-corrected chi connectivity index (χ4v) is 4.59. The van der Waals surface area contributed by atoms with E-state index >= 15 is 0 Å². The smallest absolute Gasteiger partial charge is 0.188 e. The highest BCUT2D eigenvalue weighted by Crippen LogP contribution is 2.34. The van der Waals surface area contributed by atoms with Crippen LogP contribution < -0.4 is 4.90 Å². The van der Waals surface area contributed by atoms with Gasteiger partial charge in [0, 0.05) is 38.6 Å². The Balaban J connectivity index is 1.57. The Morgan fingerprint density at radius 2 is 2.26 bits per heavy atom. The summed E-state index contributed by atoms with van der Waals surface area (Å²) in [7, 11) is 1.98. The summed E-state index contributed by atoms with van der Waals surface area (Å²) in [4.78, 5) is 7.39. The van der Waals surface area contributed by atoms with Crippen molar-refractivity contribution in [1.82, 2.24) is 24.5 Å². The maximum Gasteiger partial charge on any atom is 0.188 e. The lowest BCUT2D eigenvalue weighted by molar-refractivity contribution is 0.407. The molecular weight excluding hydrogens is 308 g/mol. The number of aryl methyl sites for hydroxylation is 3. The van der Waals surface area contributed by atoms with E-state index in [-0.39, 0.29) is 0 Å². The predicted molar refractivity (Wildman–Crippen MR) is 93.0 cm³/mol. The monoisotopic (exact) mass is 330 g/mol. The number of rotatable bonds is 4. The third-order valence-corrected chi connectivity index (χ3v) is 5.85. The van der Waals surface area contributed by atoms with Crippen molar-refractivity contribution in [3.8, 4) is 0 Å². The van der Waals surface area contributed by atoms with E-state index in [0.717, 1.165) is 36.0 Å². The number of thiazole rings is 1. The van der Waals surface area contributed by atoms with Crippen LogP contribution in [0.2, 0.25) is 0 Å². The van der Waals surface area contributed by atoms with Gasteiger partial charge in [0.15, 0.2) is 10.8 Å². The number of nitrogens with zero attached hydrogens (tertiary/aromatic N) is 6. The molecule has 3 aromatic rings. The highest BCUT2D eigenvalue weighted by molar-refractivity contribution is 7.22. The number of piperidine rings is 1. The maximum absolute atomic E-state index is 4.87. The largest absolute Gasteiger partial charge is 0.345 e. The molecule has 0 amide bonds. The average molecular weight is 330 g/mol. The molecule has 4 rings (SSSR count). The molecule has 1 aliphatic rings. The zero-order chi connectivity index (χ0) is 15.8. The van der Waals surface area contributed by atoms with Crippen LogP contribution in [0.1, 0.15) is 31.4 Å². The van der Waals surface area contributed by atoms with Crippen LogP contribution in [-0.4, -0.2) is 37.1 Å². The van der Waals surface area contributed by atoms with Crippen LogP contribution in [0.4, 0.5) is 5.13 Å². The summed E-state index contributed by atoms with van der Waals surface area (Å²) in [6.07, 6.45) is 8.82. The van der Waals surface area contributed by atoms with Crippen molar-refractivity contribution in [1.29, 1.82) is 0 Å². The maximum atomic E-state index is 4.87. The number of hydrogen-bond donors (Lipinski definition) is 0. The lowest BCUT2D eigenvalue weighted by Crippen LogP contribution is -2.40.